The maximum atomic E-state index is 14.3. The Kier molecular flexibility index (Phi) is 15.2. The first-order valence-corrected chi connectivity index (χ1v) is 18.6. The van der Waals surface area contributed by atoms with Crippen LogP contribution in [0.4, 0.5) is 0 Å². The highest BCUT2D eigenvalue weighted by molar-refractivity contribution is 6.35. The van der Waals surface area contributed by atoms with E-state index in [1.54, 1.807) is 18.2 Å². The molecule has 3 amide bonds. The molecule has 0 heterocycles. The minimum absolute atomic E-state index is 0.00328. The fraction of sp³-hybridized carbons (Fsp3) is 0.541. The lowest BCUT2D eigenvalue weighted by Gasteiger charge is -2.34. The van der Waals surface area contributed by atoms with Crippen LogP contribution in [0.1, 0.15) is 93.7 Å². The van der Waals surface area contributed by atoms with E-state index in [4.69, 9.17) is 45.8 Å². The number of amides is 3. The zero-order valence-corrected chi connectivity index (χ0v) is 30.2. The SMILES string of the molecule is N=C(N)c1ccc(CC(C(=O)NC(C(=O)N[C@@H](CCCN=C(N)N)C(=O)NCc2ccc(Cl)cc2Cl)C2CCCCC2)C2CCCCC2)cc1. The fourth-order valence-electron chi connectivity index (χ4n) is 7.21. The number of nitrogens with zero attached hydrogens (tertiary/aromatic N) is 1. The lowest BCUT2D eigenvalue weighted by molar-refractivity contribution is -0.135. The minimum Gasteiger partial charge on any atom is -0.384 e. The van der Waals surface area contributed by atoms with Crippen molar-refractivity contribution in [3.63, 3.8) is 0 Å². The number of nitrogens with two attached hydrogens (primary N) is 3. The van der Waals surface area contributed by atoms with Crippen molar-refractivity contribution in [2.75, 3.05) is 6.54 Å². The quantitative estimate of drug-likeness (QED) is 0.0725. The topological polar surface area (TPSA) is 202 Å². The number of aliphatic imine (C=N–C) groups is 1. The largest absolute Gasteiger partial charge is 0.384 e. The molecule has 10 N–H and O–H groups in total. The maximum absolute atomic E-state index is 14.3. The van der Waals surface area contributed by atoms with Gasteiger partial charge in [-0.25, -0.2) is 0 Å². The van der Waals surface area contributed by atoms with Gasteiger partial charge in [0.25, 0.3) is 0 Å². The van der Waals surface area contributed by atoms with E-state index in [-0.39, 0.29) is 60.2 Å². The molecular formula is C37H52Cl2N8O3. The first kappa shape index (κ1) is 39.0. The second-order valence-corrected chi connectivity index (χ2v) is 14.5. The van der Waals surface area contributed by atoms with E-state index in [0.29, 0.717) is 40.6 Å². The number of hydrogen-bond acceptors (Lipinski definition) is 5. The van der Waals surface area contributed by atoms with E-state index in [2.05, 4.69) is 20.9 Å². The van der Waals surface area contributed by atoms with Gasteiger partial charge in [0, 0.05) is 34.6 Å². The third-order valence-corrected chi connectivity index (χ3v) is 10.6. The Morgan fingerprint density at radius 1 is 0.820 bits per heavy atom. The monoisotopic (exact) mass is 726 g/mol. The molecule has 50 heavy (non-hydrogen) atoms. The Labute approximate surface area is 305 Å². The van der Waals surface area contributed by atoms with Crippen LogP contribution in [0.15, 0.2) is 47.5 Å². The summed E-state index contributed by atoms with van der Waals surface area (Å²) in [7, 11) is 0. The van der Waals surface area contributed by atoms with E-state index < -0.39 is 12.1 Å². The van der Waals surface area contributed by atoms with Gasteiger partial charge in [-0.2, -0.15) is 0 Å². The average molecular weight is 728 g/mol. The summed E-state index contributed by atoms with van der Waals surface area (Å²) in [6.07, 6.45) is 11.1. The van der Waals surface area contributed by atoms with Crippen molar-refractivity contribution in [1.82, 2.24) is 16.0 Å². The van der Waals surface area contributed by atoms with Gasteiger partial charge in [0.1, 0.15) is 17.9 Å². The van der Waals surface area contributed by atoms with Crippen LogP contribution in [0, 0.1) is 23.2 Å². The molecule has 0 bridgehead atoms. The van der Waals surface area contributed by atoms with Crippen molar-refractivity contribution in [3.8, 4) is 0 Å². The highest BCUT2D eigenvalue weighted by Gasteiger charge is 2.37. The number of carbonyl (C=O) groups is 3. The molecule has 2 aromatic carbocycles. The lowest BCUT2D eigenvalue weighted by atomic mass is 9.76. The van der Waals surface area contributed by atoms with E-state index in [1.807, 2.05) is 24.3 Å². The average Bonchev–Trinajstić information content (AvgIpc) is 3.11. The predicted octanol–water partition coefficient (Wildman–Crippen LogP) is 4.94. The molecule has 2 aliphatic rings. The standard InChI is InChI=1S/C37H52Cl2N8O3/c38-28-18-17-27(30(39)21-28)22-45-35(49)31(12-7-19-44-37(42)43)46-36(50)32(25-10-5-2-6-11-25)47-34(48)29(24-8-3-1-4-9-24)20-23-13-15-26(16-14-23)33(40)41/h13-18,21,24-25,29,31-32H,1-12,19-20,22H2,(H3,40,41)(H,45,49)(H,46,50)(H,47,48)(H4,42,43,44)/t29?,31-,32?/m0/s1. The van der Waals surface area contributed by atoms with Gasteiger partial charge in [0.05, 0.1) is 0 Å². The molecule has 13 heteroatoms. The van der Waals surface area contributed by atoms with Crippen molar-refractivity contribution in [2.45, 2.75) is 102 Å². The summed E-state index contributed by atoms with van der Waals surface area (Å²) in [5.74, 6) is -1.11. The van der Waals surface area contributed by atoms with Gasteiger partial charge in [-0.1, -0.05) is 92.1 Å². The van der Waals surface area contributed by atoms with Crippen LogP contribution in [-0.4, -0.2) is 48.1 Å². The van der Waals surface area contributed by atoms with Gasteiger partial charge >= 0.3 is 0 Å². The van der Waals surface area contributed by atoms with Crippen LogP contribution in [0.2, 0.25) is 10.0 Å². The third-order valence-electron chi connectivity index (χ3n) is 10.0. The van der Waals surface area contributed by atoms with Crippen LogP contribution in [-0.2, 0) is 27.3 Å². The van der Waals surface area contributed by atoms with E-state index in [1.165, 1.54) is 0 Å². The van der Waals surface area contributed by atoms with Crippen LogP contribution < -0.4 is 33.2 Å². The van der Waals surface area contributed by atoms with E-state index in [0.717, 1.165) is 69.8 Å². The number of guanidine groups is 1. The molecule has 2 fully saturated rings. The van der Waals surface area contributed by atoms with Crippen molar-refractivity contribution >= 4 is 52.7 Å². The molecule has 0 saturated heterocycles. The highest BCUT2D eigenvalue weighted by atomic mass is 35.5. The van der Waals surface area contributed by atoms with Crippen LogP contribution in [0.25, 0.3) is 0 Å². The number of hydrogen-bond donors (Lipinski definition) is 7. The predicted molar refractivity (Wildman–Crippen MR) is 200 cm³/mol. The Morgan fingerprint density at radius 2 is 1.46 bits per heavy atom. The molecule has 0 radical (unpaired) electrons. The van der Waals surface area contributed by atoms with Gasteiger partial charge in [-0.05, 0) is 80.0 Å². The molecular weight excluding hydrogens is 675 g/mol. The normalized spacial score (nSPS) is 17.2. The summed E-state index contributed by atoms with van der Waals surface area (Å²) in [5.41, 5.74) is 19.0. The highest BCUT2D eigenvalue weighted by Crippen LogP contribution is 2.33. The molecule has 2 aliphatic carbocycles. The van der Waals surface area contributed by atoms with E-state index >= 15 is 0 Å². The molecule has 0 aliphatic heterocycles. The smallest absolute Gasteiger partial charge is 0.243 e. The van der Waals surface area contributed by atoms with Crippen molar-refractivity contribution in [1.29, 1.82) is 5.41 Å². The van der Waals surface area contributed by atoms with Crippen LogP contribution >= 0.6 is 23.2 Å². The summed E-state index contributed by atoms with van der Waals surface area (Å²) in [4.78, 5) is 46.1. The van der Waals surface area contributed by atoms with Gasteiger partial charge < -0.3 is 33.2 Å². The summed E-state index contributed by atoms with van der Waals surface area (Å²) >= 11 is 12.4. The van der Waals surface area contributed by atoms with Gasteiger partial charge in [-0.15, -0.1) is 0 Å². The Bertz CT molecular complexity index is 1490. The Hall–Kier alpha value is -3.83. The molecule has 2 saturated carbocycles. The molecule has 0 spiro atoms. The second-order valence-electron chi connectivity index (χ2n) is 13.7. The summed E-state index contributed by atoms with van der Waals surface area (Å²) in [6.45, 7) is 0.443. The Balaban J connectivity index is 1.53. The van der Waals surface area contributed by atoms with E-state index in [9.17, 15) is 14.4 Å². The van der Waals surface area contributed by atoms with Gasteiger partial charge in [0.2, 0.25) is 17.7 Å². The first-order chi connectivity index (χ1) is 24.0. The molecule has 272 valence electrons. The number of carbonyl (C=O) groups excluding carboxylic acids is 3. The Morgan fingerprint density at radius 3 is 2.06 bits per heavy atom. The number of halogens is 2. The molecule has 2 unspecified atom stereocenters. The summed E-state index contributed by atoms with van der Waals surface area (Å²) < 4.78 is 0. The summed E-state index contributed by atoms with van der Waals surface area (Å²) in [6, 6.07) is 10.8. The summed E-state index contributed by atoms with van der Waals surface area (Å²) in [5, 5.41) is 17.7. The molecule has 2 aromatic rings. The number of nitrogens with one attached hydrogen (secondary N) is 4. The number of rotatable bonds is 16. The maximum Gasteiger partial charge on any atom is 0.243 e. The fourth-order valence-corrected chi connectivity index (χ4v) is 7.69. The second kappa shape index (κ2) is 19.5. The molecule has 11 nitrogen and oxygen atoms in total. The van der Waals surface area contributed by atoms with Crippen LogP contribution in [0.5, 0.6) is 0 Å². The third kappa shape index (κ3) is 11.9. The number of amidine groups is 1. The van der Waals surface area contributed by atoms with Crippen molar-refractivity contribution in [3.05, 3.63) is 69.2 Å². The number of benzene rings is 2. The zero-order valence-electron chi connectivity index (χ0n) is 28.7. The van der Waals surface area contributed by atoms with Crippen LogP contribution in [0.3, 0.4) is 0 Å². The van der Waals surface area contributed by atoms with Crippen molar-refractivity contribution in [2.24, 2.45) is 39.9 Å². The number of nitrogen functional groups attached to an aromatic ring is 1. The molecule has 4 rings (SSSR count). The zero-order chi connectivity index (χ0) is 36.0. The first-order valence-electron chi connectivity index (χ1n) is 17.8. The molecule has 3 atom stereocenters. The van der Waals surface area contributed by atoms with Gasteiger partial charge in [-0.3, -0.25) is 24.8 Å². The lowest BCUT2D eigenvalue weighted by Crippen LogP contribution is -2.57. The van der Waals surface area contributed by atoms with Gasteiger partial charge in [0.15, 0.2) is 5.96 Å². The van der Waals surface area contributed by atoms with Crippen molar-refractivity contribution < 1.29 is 14.4 Å². The minimum atomic E-state index is -0.889. The molecule has 0 aromatic heterocycles.